The van der Waals surface area contributed by atoms with Crippen molar-refractivity contribution in [3.05, 3.63) is 35.4 Å². The van der Waals surface area contributed by atoms with Crippen molar-refractivity contribution in [2.45, 2.75) is 18.9 Å². The van der Waals surface area contributed by atoms with Gasteiger partial charge >= 0.3 is 0 Å². The molecule has 0 saturated carbocycles. The van der Waals surface area contributed by atoms with E-state index in [1.54, 1.807) is 24.3 Å². The second-order valence-electron chi connectivity index (χ2n) is 4.80. The fraction of sp³-hybridized carbons (Fsp3) is 0.357. The van der Waals surface area contributed by atoms with Crippen molar-refractivity contribution >= 4 is 17.6 Å². The largest absolute Gasteiger partial charge is 0.316 e. The maximum absolute atomic E-state index is 12.3. The summed E-state index contributed by atoms with van der Waals surface area (Å²) in [5.74, 6) is -0.735. The van der Waals surface area contributed by atoms with Gasteiger partial charge in [-0.25, -0.2) is 0 Å². The summed E-state index contributed by atoms with van der Waals surface area (Å²) in [7, 11) is 0. The SMILES string of the molecule is O=C1CCNCCC1N1C(=O)c2ccccc2C1=O. The summed E-state index contributed by atoms with van der Waals surface area (Å²) in [5, 5.41) is 3.11. The molecule has 19 heavy (non-hydrogen) atoms. The Morgan fingerprint density at radius 3 is 2.26 bits per heavy atom. The summed E-state index contributed by atoms with van der Waals surface area (Å²) >= 11 is 0. The molecular weight excluding hydrogens is 244 g/mol. The van der Waals surface area contributed by atoms with E-state index in [0.29, 0.717) is 37.1 Å². The van der Waals surface area contributed by atoms with Crippen molar-refractivity contribution in [2.75, 3.05) is 13.1 Å². The zero-order valence-electron chi connectivity index (χ0n) is 10.4. The highest BCUT2D eigenvalue weighted by Gasteiger charge is 2.42. The van der Waals surface area contributed by atoms with Gasteiger partial charge in [-0.3, -0.25) is 19.3 Å². The third-order valence-corrected chi connectivity index (χ3v) is 3.65. The van der Waals surface area contributed by atoms with Crippen molar-refractivity contribution in [2.24, 2.45) is 0 Å². The highest BCUT2D eigenvalue weighted by Crippen LogP contribution is 2.26. The molecule has 1 N–H and O–H groups in total. The van der Waals surface area contributed by atoms with Crippen molar-refractivity contribution in [3.8, 4) is 0 Å². The van der Waals surface area contributed by atoms with Gasteiger partial charge in [0.05, 0.1) is 17.2 Å². The Kier molecular flexibility index (Phi) is 2.91. The zero-order chi connectivity index (χ0) is 13.4. The van der Waals surface area contributed by atoms with Crippen LogP contribution < -0.4 is 5.32 Å². The normalized spacial score (nSPS) is 23.5. The van der Waals surface area contributed by atoms with Crippen molar-refractivity contribution < 1.29 is 14.4 Å². The number of imide groups is 1. The minimum Gasteiger partial charge on any atom is -0.316 e. The highest BCUT2D eigenvalue weighted by molar-refractivity contribution is 6.22. The first-order valence-electron chi connectivity index (χ1n) is 6.40. The van der Waals surface area contributed by atoms with Crippen LogP contribution in [0.15, 0.2) is 24.3 Å². The van der Waals surface area contributed by atoms with E-state index < -0.39 is 6.04 Å². The molecule has 1 atom stereocenters. The molecule has 2 amide bonds. The standard InChI is InChI=1S/C14H14N2O3/c17-12-6-8-15-7-5-11(12)16-13(18)9-3-1-2-4-10(9)14(16)19/h1-4,11,15H,5-8H2. The predicted molar refractivity (Wildman–Crippen MR) is 67.8 cm³/mol. The Balaban J connectivity index is 1.97. The van der Waals surface area contributed by atoms with Crippen LogP contribution in [0.25, 0.3) is 0 Å². The van der Waals surface area contributed by atoms with Crippen LogP contribution in [0.5, 0.6) is 0 Å². The number of hydrogen-bond donors (Lipinski definition) is 1. The van der Waals surface area contributed by atoms with Gasteiger partial charge in [0.1, 0.15) is 0 Å². The third kappa shape index (κ3) is 1.86. The minimum absolute atomic E-state index is 0.0421. The van der Waals surface area contributed by atoms with Crippen LogP contribution in [-0.4, -0.2) is 41.6 Å². The van der Waals surface area contributed by atoms with Crippen LogP contribution in [0.4, 0.5) is 0 Å². The molecule has 2 heterocycles. The van der Waals surface area contributed by atoms with Gasteiger partial charge < -0.3 is 5.32 Å². The predicted octanol–water partition coefficient (Wildman–Crippen LogP) is 0.604. The quantitative estimate of drug-likeness (QED) is 0.749. The number of hydrogen-bond acceptors (Lipinski definition) is 4. The second kappa shape index (κ2) is 4.59. The molecule has 5 nitrogen and oxygen atoms in total. The van der Waals surface area contributed by atoms with Gasteiger partial charge in [-0.1, -0.05) is 12.1 Å². The Morgan fingerprint density at radius 1 is 1.00 bits per heavy atom. The molecule has 0 radical (unpaired) electrons. The van der Waals surface area contributed by atoms with Crippen molar-refractivity contribution in [1.29, 1.82) is 0 Å². The summed E-state index contributed by atoms with van der Waals surface area (Å²) in [6, 6.07) is 6.10. The van der Waals surface area contributed by atoms with E-state index in [9.17, 15) is 14.4 Å². The first-order chi connectivity index (χ1) is 9.20. The molecule has 0 aromatic heterocycles. The van der Waals surface area contributed by atoms with Crippen LogP contribution in [0.1, 0.15) is 33.6 Å². The monoisotopic (exact) mass is 258 g/mol. The maximum Gasteiger partial charge on any atom is 0.262 e. The number of amides is 2. The first-order valence-corrected chi connectivity index (χ1v) is 6.40. The molecule has 1 unspecified atom stereocenters. The molecule has 1 aromatic rings. The average molecular weight is 258 g/mol. The topological polar surface area (TPSA) is 66.5 Å². The number of nitrogens with one attached hydrogen (secondary N) is 1. The number of ketones is 1. The van der Waals surface area contributed by atoms with Crippen LogP contribution >= 0.6 is 0 Å². The number of carbonyl (C=O) groups excluding carboxylic acids is 3. The summed E-state index contributed by atoms with van der Waals surface area (Å²) in [6.45, 7) is 1.25. The molecule has 0 aliphatic carbocycles. The van der Waals surface area contributed by atoms with Crippen LogP contribution in [-0.2, 0) is 4.79 Å². The van der Waals surface area contributed by atoms with Gasteiger partial charge in [-0.15, -0.1) is 0 Å². The molecule has 5 heteroatoms. The third-order valence-electron chi connectivity index (χ3n) is 3.65. The van der Waals surface area contributed by atoms with E-state index >= 15 is 0 Å². The number of nitrogens with zero attached hydrogens (tertiary/aromatic N) is 1. The number of benzene rings is 1. The van der Waals surface area contributed by atoms with E-state index in [1.165, 1.54) is 0 Å². The van der Waals surface area contributed by atoms with Crippen LogP contribution in [0.3, 0.4) is 0 Å². The molecular formula is C14H14N2O3. The van der Waals surface area contributed by atoms with Gasteiger partial charge in [-0.05, 0) is 25.1 Å². The maximum atomic E-state index is 12.3. The van der Waals surface area contributed by atoms with E-state index in [4.69, 9.17) is 0 Å². The van der Waals surface area contributed by atoms with E-state index in [1.807, 2.05) is 0 Å². The van der Waals surface area contributed by atoms with Crippen molar-refractivity contribution in [1.82, 2.24) is 10.2 Å². The molecule has 3 rings (SSSR count). The summed E-state index contributed by atoms with van der Waals surface area (Å²) < 4.78 is 0. The Labute approximate surface area is 110 Å². The Hall–Kier alpha value is -2.01. The molecule has 98 valence electrons. The number of carbonyl (C=O) groups is 3. The lowest BCUT2D eigenvalue weighted by molar-refractivity contribution is -0.122. The smallest absolute Gasteiger partial charge is 0.262 e. The van der Waals surface area contributed by atoms with Crippen LogP contribution in [0.2, 0.25) is 0 Å². The second-order valence-corrected chi connectivity index (χ2v) is 4.80. The van der Waals surface area contributed by atoms with Crippen LogP contribution in [0, 0.1) is 0 Å². The molecule has 1 saturated heterocycles. The summed E-state index contributed by atoms with van der Waals surface area (Å²) in [4.78, 5) is 37.8. The van der Waals surface area contributed by atoms with E-state index in [0.717, 1.165) is 4.90 Å². The highest BCUT2D eigenvalue weighted by atomic mass is 16.2. The van der Waals surface area contributed by atoms with Gasteiger partial charge in [0.25, 0.3) is 11.8 Å². The van der Waals surface area contributed by atoms with Gasteiger partial charge in [-0.2, -0.15) is 0 Å². The average Bonchev–Trinajstić information content (AvgIpc) is 2.57. The lowest BCUT2D eigenvalue weighted by Crippen LogP contribution is -2.44. The van der Waals surface area contributed by atoms with Crippen molar-refractivity contribution in [3.63, 3.8) is 0 Å². The zero-order valence-corrected chi connectivity index (χ0v) is 10.4. The molecule has 2 aliphatic heterocycles. The fourth-order valence-electron chi connectivity index (χ4n) is 2.67. The Bertz CT molecular complexity index is 533. The molecule has 0 bridgehead atoms. The minimum atomic E-state index is -0.623. The molecule has 1 aromatic carbocycles. The first kappa shape index (κ1) is 12.0. The van der Waals surface area contributed by atoms with Gasteiger partial charge in [0.2, 0.25) is 0 Å². The van der Waals surface area contributed by atoms with Gasteiger partial charge in [0, 0.05) is 13.0 Å². The Morgan fingerprint density at radius 2 is 1.63 bits per heavy atom. The number of Topliss-reactive ketones (excluding diaryl/α,β-unsaturated/α-hetero) is 1. The summed E-state index contributed by atoms with van der Waals surface area (Å²) in [6.07, 6.45) is 0.850. The number of fused-ring (bicyclic) bond motifs is 1. The molecule has 1 fully saturated rings. The lowest BCUT2D eigenvalue weighted by Gasteiger charge is -2.23. The number of rotatable bonds is 1. The molecule has 0 spiro atoms. The summed E-state index contributed by atoms with van der Waals surface area (Å²) in [5.41, 5.74) is 0.801. The van der Waals surface area contributed by atoms with E-state index in [-0.39, 0.29) is 17.6 Å². The van der Waals surface area contributed by atoms with Gasteiger partial charge in [0.15, 0.2) is 5.78 Å². The lowest BCUT2D eigenvalue weighted by atomic mass is 10.1. The molecule has 2 aliphatic rings. The fourth-order valence-corrected chi connectivity index (χ4v) is 2.67. The van der Waals surface area contributed by atoms with E-state index in [2.05, 4.69) is 5.32 Å².